The highest BCUT2D eigenvalue weighted by atomic mass is 14.0. The van der Waals surface area contributed by atoms with Crippen LogP contribution in [-0.4, -0.2) is 0 Å². The molecule has 0 amide bonds. The monoisotopic (exact) mass is 288 g/mol. The molecule has 1 atom stereocenters. The fourth-order valence-corrected chi connectivity index (χ4v) is 0.986. The first kappa shape index (κ1) is 28.2. The minimum Gasteiger partial charge on any atom is -0.0656 e. The van der Waals surface area contributed by atoms with Crippen molar-refractivity contribution in [1.29, 1.82) is 0 Å². The SMILES string of the molecule is CCC.CCC(C)CC.CCCC.CCCC(C)CC. The van der Waals surface area contributed by atoms with Gasteiger partial charge in [0.15, 0.2) is 0 Å². The average molecular weight is 289 g/mol. The maximum absolute atomic E-state index is 2.31. The van der Waals surface area contributed by atoms with Gasteiger partial charge in [0.05, 0.1) is 0 Å². The van der Waals surface area contributed by atoms with Crippen LogP contribution in [0.25, 0.3) is 0 Å². The zero-order valence-electron chi connectivity index (χ0n) is 16.8. The molecule has 0 saturated heterocycles. The van der Waals surface area contributed by atoms with Crippen LogP contribution < -0.4 is 0 Å². The molecule has 0 aromatic rings. The Bertz CT molecular complexity index is 101. The Morgan fingerprint density at radius 2 is 0.800 bits per heavy atom. The van der Waals surface area contributed by atoms with Crippen molar-refractivity contribution < 1.29 is 0 Å². The van der Waals surface area contributed by atoms with E-state index in [0.717, 1.165) is 11.8 Å². The summed E-state index contributed by atoms with van der Waals surface area (Å²) in [7, 11) is 0. The summed E-state index contributed by atoms with van der Waals surface area (Å²) in [5, 5.41) is 0. The van der Waals surface area contributed by atoms with Gasteiger partial charge in [0.1, 0.15) is 0 Å². The molecule has 0 N–H and O–H groups in total. The van der Waals surface area contributed by atoms with Crippen molar-refractivity contribution in [2.45, 2.75) is 121 Å². The molecule has 128 valence electrons. The van der Waals surface area contributed by atoms with Crippen molar-refractivity contribution in [3.63, 3.8) is 0 Å². The molecular formula is C20H48. The van der Waals surface area contributed by atoms with Crippen molar-refractivity contribution in [1.82, 2.24) is 0 Å². The van der Waals surface area contributed by atoms with E-state index in [0.29, 0.717) is 0 Å². The van der Waals surface area contributed by atoms with Crippen molar-refractivity contribution in [2.75, 3.05) is 0 Å². The van der Waals surface area contributed by atoms with E-state index in [1.165, 1.54) is 51.4 Å². The van der Waals surface area contributed by atoms with E-state index in [4.69, 9.17) is 0 Å². The lowest BCUT2D eigenvalue weighted by molar-refractivity contribution is 0.509. The van der Waals surface area contributed by atoms with E-state index >= 15 is 0 Å². The van der Waals surface area contributed by atoms with Gasteiger partial charge in [-0.05, 0) is 11.8 Å². The van der Waals surface area contributed by atoms with Gasteiger partial charge in [-0.15, -0.1) is 0 Å². The maximum Gasteiger partial charge on any atom is -0.0446 e. The molecule has 0 aliphatic rings. The molecule has 0 aliphatic heterocycles. The second kappa shape index (κ2) is 31.4. The topological polar surface area (TPSA) is 0 Å². The van der Waals surface area contributed by atoms with E-state index in [9.17, 15) is 0 Å². The largest absolute Gasteiger partial charge is 0.0656 e. The van der Waals surface area contributed by atoms with Crippen molar-refractivity contribution in [3.8, 4) is 0 Å². The summed E-state index contributed by atoms with van der Waals surface area (Å²) in [6.07, 6.45) is 10.6. The zero-order valence-corrected chi connectivity index (χ0v) is 16.8. The Balaban J connectivity index is -0.0000000899. The first-order valence-electron chi connectivity index (χ1n) is 9.44. The Kier molecular flexibility index (Phi) is 44.3. The Morgan fingerprint density at radius 3 is 0.850 bits per heavy atom. The van der Waals surface area contributed by atoms with Gasteiger partial charge in [-0.1, -0.05) is 121 Å². The normalized spacial score (nSPS) is 10.3. The third kappa shape index (κ3) is 52.0. The van der Waals surface area contributed by atoms with Crippen molar-refractivity contribution in [3.05, 3.63) is 0 Å². The van der Waals surface area contributed by atoms with E-state index in [2.05, 4.69) is 69.2 Å². The lowest BCUT2D eigenvalue weighted by atomic mass is 10.0. The standard InChI is InChI=1S/C7H16.C6H14.C4H10.C3H8/c1-4-6-7(3)5-2;1-4-6(3)5-2;1-3-4-2;1-3-2/h7H,4-6H2,1-3H3;6H,4-5H2,1-3H3;3-4H2,1-2H3;3H2,1-2H3. The summed E-state index contributed by atoms with van der Waals surface area (Å²) in [4.78, 5) is 0. The smallest absolute Gasteiger partial charge is 0.0446 e. The van der Waals surface area contributed by atoms with Gasteiger partial charge in [-0.2, -0.15) is 0 Å². The van der Waals surface area contributed by atoms with Crippen LogP contribution in [0.15, 0.2) is 0 Å². The van der Waals surface area contributed by atoms with Crippen LogP contribution in [-0.2, 0) is 0 Å². The fourth-order valence-electron chi connectivity index (χ4n) is 0.986. The van der Waals surface area contributed by atoms with E-state index < -0.39 is 0 Å². The first-order chi connectivity index (χ1) is 9.44. The fraction of sp³-hybridized carbons (Fsp3) is 1.00. The Hall–Kier alpha value is 0. The van der Waals surface area contributed by atoms with Gasteiger partial charge >= 0.3 is 0 Å². The molecule has 0 rings (SSSR count). The molecule has 0 heterocycles. The average Bonchev–Trinajstić information content (AvgIpc) is 2.48. The van der Waals surface area contributed by atoms with Crippen molar-refractivity contribution in [2.24, 2.45) is 11.8 Å². The molecule has 0 aromatic heterocycles. The summed E-state index contributed by atoms with van der Waals surface area (Å²) < 4.78 is 0. The highest BCUT2D eigenvalue weighted by Gasteiger charge is 1.92. The van der Waals surface area contributed by atoms with Crippen LogP contribution in [0.5, 0.6) is 0 Å². The molecule has 0 heteroatoms. The third-order valence-electron chi connectivity index (χ3n) is 3.37. The quantitative estimate of drug-likeness (QED) is 0.459. The van der Waals surface area contributed by atoms with Gasteiger partial charge < -0.3 is 0 Å². The molecule has 0 fully saturated rings. The van der Waals surface area contributed by atoms with E-state index in [1.54, 1.807) is 0 Å². The number of rotatable bonds is 6. The van der Waals surface area contributed by atoms with Crippen LogP contribution in [0, 0.1) is 11.8 Å². The molecule has 0 nitrogen and oxygen atoms in total. The summed E-state index contributed by atoms with van der Waals surface area (Å²) >= 11 is 0. The van der Waals surface area contributed by atoms with Gasteiger partial charge in [0, 0.05) is 0 Å². The van der Waals surface area contributed by atoms with E-state index in [1.807, 2.05) is 0 Å². The summed E-state index contributed by atoms with van der Waals surface area (Å²) in [6, 6.07) is 0. The highest BCUT2D eigenvalue weighted by molar-refractivity contribution is 4.45. The molecule has 20 heavy (non-hydrogen) atoms. The number of hydrogen-bond acceptors (Lipinski definition) is 0. The lowest BCUT2D eigenvalue weighted by Crippen LogP contribution is -1.88. The van der Waals surface area contributed by atoms with Gasteiger partial charge in [0.25, 0.3) is 0 Å². The van der Waals surface area contributed by atoms with Crippen LogP contribution in [0.4, 0.5) is 0 Å². The van der Waals surface area contributed by atoms with Crippen LogP contribution in [0.1, 0.15) is 121 Å². The summed E-state index contributed by atoms with van der Waals surface area (Å²) in [5.74, 6) is 1.88. The Labute approximate surface area is 133 Å². The van der Waals surface area contributed by atoms with Crippen LogP contribution >= 0.6 is 0 Å². The minimum atomic E-state index is 0.935. The third-order valence-corrected chi connectivity index (χ3v) is 3.37. The molecule has 0 aliphatic carbocycles. The summed E-state index contributed by atoms with van der Waals surface area (Å²) in [5.41, 5.74) is 0. The number of unbranched alkanes of at least 4 members (excludes halogenated alkanes) is 1. The minimum absolute atomic E-state index is 0.935. The van der Waals surface area contributed by atoms with E-state index in [-0.39, 0.29) is 0 Å². The molecule has 1 unspecified atom stereocenters. The first-order valence-corrected chi connectivity index (χ1v) is 9.44. The lowest BCUT2D eigenvalue weighted by Gasteiger charge is -2.02. The Morgan fingerprint density at radius 1 is 0.500 bits per heavy atom. The second-order valence-corrected chi connectivity index (χ2v) is 5.93. The highest BCUT2D eigenvalue weighted by Crippen LogP contribution is 2.07. The van der Waals surface area contributed by atoms with Crippen LogP contribution in [0.3, 0.4) is 0 Å². The van der Waals surface area contributed by atoms with Gasteiger partial charge in [-0.3, -0.25) is 0 Å². The predicted molar refractivity (Wildman–Crippen MR) is 101 cm³/mol. The second-order valence-electron chi connectivity index (χ2n) is 5.93. The molecular weight excluding hydrogens is 240 g/mol. The predicted octanol–water partition coefficient (Wildman–Crippen LogP) is 8.50. The zero-order chi connectivity index (χ0) is 16.8. The van der Waals surface area contributed by atoms with Crippen LogP contribution in [0.2, 0.25) is 0 Å². The molecule has 0 saturated carbocycles. The molecule has 0 aromatic carbocycles. The molecule has 0 bridgehead atoms. The van der Waals surface area contributed by atoms with Gasteiger partial charge in [0.2, 0.25) is 0 Å². The molecule has 0 spiro atoms. The van der Waals surface area contributed by atoms with Gasteiger partial charge in [-0.25, -0.2) is 0 Å². The molecule has 0 radical (unpaired) electrons. The number of hydrogen-bond donors (Lipinski definition) is 0. The summed E-state index contributed by atoms with van der Waals surface area (Å²) in [6.45, 7) is 22.2. The maximum atomic E-state index is 2.31. The van der Waals surface area contributed by atoms with Crippen molar-refractivity contribution >= 4 is 0 Å².